The lowest BCUT2D eigenvalue weighted by molar-refractivity contribution is -0.193. The zero-order valence-electron chi connectivity index (χ0n) is 29.0. The Balaban J connectivity index is 0.000000879. The first kappa shape index (κ1) is 46.4. The molecule has 22 heteroatoms. The van der Waals surface area contributed by atoms with Crippen molar-refractivity contribution in [2.24, 2.45) is 5.73 Å². The number of nitrogens with zero attached hydrogens (tertiary/aromatic N) is 2. The third-order valence-electron chi connectivity index (χ3n) is 6.61. The number of benzene rings is 1. The molecular formula is C32H39F6N7O8S. The number of allylic oxidation sites excluding steroid dienone is 2. The molecule has 0 radical (unpaired) electrons. The van der Waals surface area contributed by atoms with Crippen molar-refractivity contribution in [2.45, 2.75) is 69.9 Å². The second kappa shape index (κ2) is 20.0. The number of aromatic nitrogens is 2. The molecule has 54 heavy (non-hydrogen) atoms. The number of halogens is 6. The number of amides is 1. The molecule has 1 amide bonds. The summed E-state index contributed by atoms with van der Waals surface area (Å²) in [7, 11) is -3.60. The van der Waals surface area contributed by atoms with E-state index in [0.29, 0.717) is 24.0 Å². The summed E-state index contributed by atoms with van der Waals surface area (Å²) in [5.41, 5.74) is 13.4. The van der Waals surface area contributed by atoms with Crippen molar-refractivity contribution in [3.05, 3.63) is 70.2 Å². The van der Waals surface area contributed by atoms with Crippen LogP contribution in [0.2, 0.25) is 0 Å². The van der Waals surface area contributed by atoms with Gasteiger partial charge < -0.3 is 32.3 Å². The molecule has 0 saturated heterocycles. The highest BCUT2D eigenvalue weighted by atomic mass is 32.2. The van der Waals surface area contributed by atoms with E-state index in [9.17, 15) is 44.3 Å². The molecule has 1 heterocycles. The van der Waals surface area contributed by atoms with Crippen LogP contribution < -0.4 is 27.7 Å². The van der Waals surface area contributed by atoms with Crippen LogP contribution in [0.3, 0.4) is 0 Å². The number of rotatable bonds is 12. The molecule has 0 aliphatic heterocycles. The molecule has 2 aromatic rings. The van der Waals surface area contributed by atoms with Gasteiger partial charge in [0.05, 0.1) is 22.5 Å². The van der Waals surface area contributed by atoms with E-state index in [1.807, 2.05) is 32.9 Å². The third kappa shape index (κ3) is 15.5. The number of carboxylic acid groups (broad SMARTS) is 2. The summed E-state index contributed by atoms with van der Waals surface area (Å²) in [6, 6.07) is 4.33. The van der Waals surface area contributed by atoms with Crippen LogP contribution in [0, 0.1) is 5.41 Å². The highest BCUT2D eigenvalue weighted by Gasteiger charge is 2.39. The van der Waals surface area contributed by atoms with Crippen molar-refractivity contribution in [1.82, 2.24) is 14.9 Å². The average Bonchev–Trinajstić information content (AvgIpc) is 3.30. The van der Waals surface area contributed by atoms with Crippen LogP contribution in [-0.2, 0) is 30.8 Å². The maximum atomic E-state index is 13.4. The quantitative estimate of drug-likeness (QED) is 0.0696. The van der Waals surface area contributed by atoms with Gasteiger partial charge in [0.15, 0.2) is 15.7 Å². The average molecular weight is 796 g/mol. The van der Waals surface area contributed by atoms with Gasteiger partial charge in [-0.1, -0.05) is 37.6 Å². The predicted octanol–water partition coefficient (Wildman–Crippen LogP) is 4.02. The zero-order valence-corrected chi connectivity index (χ0v) is 29.8. The van der Waals surface area contributed by atoms with Crippen molar-refractivity contribution in [3.8, 4) is 11.3 Å². The topological polar surface area (TPSA) is 261 Å². The molecular weight excluding hydrogens is 756 g/mol. The molecule has 1 aromatic heterocycles. The molecule has 0 fully saturated rings. The molecule has 3 rings (SSSR count). The summed E-state index contributed by atoms with van der Waals surface area (Å²) in [5.74, 6) is -5.93. The van der Waals surface area contributed by atoms with Crippen LogP contribution in [0.15, 0.2) is 69.5 Å². The van der Waals surface area contributed by atoms with Gasteiger partial charge in [0.2, 0.25) is 5.91 Å². The van der Waals surface area contributed by atoms with E-state index in [-0.39, 0.29) is 52.8 Å². The molecule has 9 N–H and O–H groups in total. The van der Waals surface area contributed by atoms with Crippen molar-refractivity contribution in [3.63, 3.8) is 0 Å². The fourth-order valence-corrected chi connectivity index (χ4v) is 5.58. The molecule has 1 aliphatic rings. The zero-order chi connectivity index (χ0) is 41.6. The second-order valence-corrected chi connectivity index (χ2v) is 13.6. The van der Waals surface area contributed by atoms with Gasteiger partial charge in [-0.05, 0) is 50.5 Å². The molecule has 0 spiro atoms. The molecule has 1 aliphatic carbocycles. The van der Waals surface area contributed by atoms with E-state index < -0.39 is 45.6 Å². The van der Waals surface area contributed by atoms with Gasteiger partial charge in [-0.25, -0.2) is 23.0 Å². The minimum absolute atomic E-state index is 0.0230. The predicted molar refractivity (Wildman–Crippen MR) is 186 cm³/mol. The van der Waals surface area contributed by atoms with Crippen LogP contribution in [0.1, 0.15) is 40.0 Å². The molecule has 0 unspecified atom stereocenters. The lowest BCUT2D eigenvalue weighted by atomic mass is 10.1. The van der Waals surface area contributed by atoms with Gasteiger partial charge in [0, 0.05) is 29.4 Å². The number of carbonyl (C=O) groups is 3. The first-order valence-electron chi connectivity index (χ1n) is 15.6. The standard InChI is InChI=1S/C28H37N7O4S.2C2HF3O2/c1-4-5-11-40(38,39)23-13-21(12-22(29)14-23)24-16-33-27(34-18(2)3)28(37)35(24)17-25(36)32-15-19-7-6-8-20(10-9-19)26(30)31;2*3-2(4,5)1(6)7/h7-10,12-14,16,18H,4-6,11,15,17,29H2,1-3H3,(H3,30,31)(H,32,36)(H,33,34);2*(H,6,7). The number of carbonyl (C=O) groups excluding carboxylic acids is 1. The SMILES string of the molecule is CCCCS(=O)(=O)c1cc(N)cc(-c2cnc(NC(C)C)c(=O)n2CC(=O)NCC2=CCC=C(C(=N)N)C=C2)c1.O=C(O)C(F)(F)F.O=C(O)C(F)(F)F. The fraction of sp³-hybridized carbons (Fsp3) is 0.375. The molecule has 0 atom stereocenters. The van der Waals surface area contributed by atoms with Crippen molar-refractivity contribution < 1.29 is 59.4 Å². The number of hydrogen-bond donors (Lipinski definition) is 7. The Kier molecular flexibility index (Phi) is 17.1. The number of aliphatic carboxylic acids is 2. The minimum atomic E-state index is -5.08. The van der Waals surface area contributed by atoms with Crippen LogP contribution in [-0.4, -0.2) is 82.6 Å². The Hall–Kier alpha value is -5.67. The van der Waals surface area contributed by atoms with Crippen LogP contribution in [0.4, 0.5) is 37.8 Å². The molecule has 1 aromatic carbocycles. The van der Waals surface area contributed by atoms with Crippen LogP contribution >= 0.6 is 0 Å². The number of unbranched alkanes of at least 4 members (excludes halogenated alkanes) is 1. The number of alkyl halides is 6. The number of hydrogen-bond acceptors (Lipinski definition) is 10. The molecule has 0 saturated carbocycles. The summed E-state index contributed by atoms with van der Waals surface area (Å²) < 4.78 is 90.5. The van der Waals surface area contributed by atoms with Gasteiger partial charge in [0.1, 0.15) is 12.4 Å². The summed E-state index contributed by atoms with van der Waals surface area (Å²) in [6.07, 6.45) is 0.282. The molecule has 15 nitrogen and oxygen atoms in total. The molecule has 0 bridgehead atoms. The van der Waals surface area contributed by atoms with Crippen LogP contribution in [0.5, 0.6) is 0 Å². The van der Waals surface area contributed by atoms with E-state index >= 15 is 0 Å². The monoisotopic (exact) mass is 795 g/mol. The first-order chi connectivity index (χ1) is 24.8. The highest BCUT2D eigenvalue weighted by molar-refractivity contribution is 7.91. The number of anilines is 2. The van der Waals surface area contributed by atoms with E-state index in [4.69, 9.17) is 36.7 Å². The Bertz CT molecular complexity index is 1930. The Morgan fingerprint density at radius 3 is 2.09 bits per heavy atom. The Morgan fingerprint density at radius 1 is 1.02 bits per heavy atom. The van der Waals surface area contributed by atoms with Gasteiger partial charge in [-0.3, -0.25) is 19.6 Å². The van der Waals surface area contributed by atoms with Gasteiger partial charge in [-0.2, -0.15) is 26.3 Å². The van der Waals surface area contributed by atoms with E-state index in [1.54, 1.807) is 18.2 Å². The lowest BCUT2D eigenvalue weighted by Crippen LogP contribution is -2.35. The maximum absolute atomic E-state index is 13.4. The smallest absolute Gasteiger partial charge is 0.475 e. The largest absolute Gasteiger partial charge is 0.490 e. The lowest BCUT2D eigenvalue weighted by Gasteiger charge is -2.17. The van der Waals surface area contributed by atoms with Gasteiger partial charge >= 0.3 is 24.3 Å². The number of carboxylic acids is 2. The number of sulfone groups is 1. The number of nitrogens with one attached hydrogen (secondary N) is 3. The second-order valence-electron chi connectivity index (χ2n) is 11.4. The molecule has 298 valence electrons. The van der Waals surface area contributed by atoms with Crippen molar-refractivity contribution >= 4 is 45.0 Å². The van der Waals surface area contributed by atoms with Crippen molar-refractivity contribution in [2.75, 3.05) is 23.3 Å². The van der Waals surface area contributed by atoms with Gasteiger partial charge in [-0.15, -0.1) is 0 Å². The fourth-order valence-electron chi connectivity index (χ4n) is 4.05. The van der Waals surface area contributed by atoms with Gasteiger partial charge in [0.25, 0.3) is 5.56 Å². The number of nitrogens with two attached hydrogens (primary N) is 2. The number of amidine groups is 1. The summed E-state index contributed by atoms with van der Waals surface area (Å²) >= 11 is 0. The third-order valence-corrected chi connectivity index (χ3v) is 8.39. The summed E-state index contributed by atoms with van der Waals surface area (Å²) in [4.78, 5) is 48.6. The Morgan fingerprint density at radius 2 is 1.59 bits per heavy atom. The summed E-state index contributed by atoms with van der Waals surface area (Å²) in [5, 5.41) is 27.7. The summed E-state index contributed by atoms with van der Waals surface area (Å²) in [6.45, 7) is 5.50. The minimum Gasteiger partial charge on any atom is -0.475 e. The van der Waals surface area contributed by atoms with E-state index in [1.165, 1.54) is 22.9 Å². The Labute approximate surface area is 304 Å². The maximum Gasteiger partial charge on any atom is 0.490 e. The van der Waals surface area contributed by atoms with E-state index in [0.717, 1.165) is 12.0 Å². The highest BCUT2D eigenvalue weighted by Crippen LogP contribution is 2.27. The number of nitrogen functional groups attached to an aromatic ring is 1. The normalized spacial score (nSPS) is 12.9. The van der Waals surface area contributed by atoms with Crippen molar-refractivity contribution in [1.29, 1.82) is 5.41 Å². The first-order valence-corrected chi connectivity index (χ1v) is 17.2. The van der Waals surface area contributed by atoms with E-state index in [2.05, 4.69) is 15.6 Å². The van der Waals surface area contributed by atoms with Crippen LogP contribution in [0.25, 0.3) is 11.3 Å².